The summed E-state index contributed by atoms with van der Waals surface area (Å²) in [7, 11) is 1.62. The Morgan fingerprint density at radius 2 is 2.00 bits per heavy atom. The summed E-state index contributed by atoms with van der Waals surface area (Å²) in [6.45, 7) is 8.51. The molecule has 0 spiro atoms. The van der Waals surface area contributed by atoms with E-state index < -0.39 is 11.7 Å². The standard InChI is InChI=1S/C13H28N2O4/c1-10(15-11(6-7-16)9-18-5)8-14-12(17)19-13(2,3)4/h10-11,15-16H,6-9H2,1-5H3,(H,14,17). The number of aliphatic hydroxyl groups excluding tert-OH is 1. The summed E-state index contributed by atoms with van der Waals surface area (Å²) in [6, 6.07) is 0.143. The Kier molecular flexibility index (Phi) is 8.71. The van der Waals surface area contributed by atoms with Crippen molar-refractivity contribution in [3.05, 3.63) is 0 Å². The second-order valence-electron chi connectivity index (χ2n) is 5.62. The first kappa shape index (κ1) is 18.1. The van der Waals surface area contributed by atoms with Gasteiger partial charge in [-0.2, -0.15) is 0 Å². The molecule has 6 heteroatoms. The lowest BCUT2D eigenvalue weighted by molar-refractivity contribution is 0.0520. The van der Waals surface area contributed by atoms with Crippen LogP contribution in [0.25, 0.3) is 0 Å². The number of alkyl carbamates (subject to hydrolysis) is 1. The van der Waals surface area contributed by atoms with E-state index in [-0.39, 0.29) is 18.7 Å². The average Bonchev–Trinajstić information content (AvgIpc) is 2.25. The van der Waals surface area contributed by atoms with Crippen LogP contribution in [0.3, 0.4) is 0 Å². The molecule has 0 saturated heterocycles. The van der Waals surface area contributed by atoms with E-state index in [9.17, 15) is 4.79 Å². The van der Waals surface area contributed by atoms with Crippen LogP contribution in [0.1, 0.15) is 34.1 Å². The Morgan fingerprint density at radius 1 is 1.37 bits per heavy atom. The molecule has 0 aliphatic rings. The van der Waals surface area contributed by atoms with Crippen molar-refractivity contribution < 1.29 is 19.4 Å². The fraction of sp³-hybridized carbons (Fsp3) is 0.923. The van der Waals surface area contributed by atoms with Gasteiger partial charge in [0.2, 0.25) is 0 Å². The van der Waals surface area contributed by atoms with Crippen molar-refractivity contribution in [2.75, 3.05) is 26.9 Å². The first-order valence-corrected chi connectivity index (χ1v) is 6.61. The molecule has 1 amide bonds. The van der Waals surface area contributed by atoms with E-state index in [0.29, 0.717) is 19.6 Å². The maximum absolute atomic E-state index is 11.5. The molecular formula is C13H28N2O4. The van der Waals surface area contributed by atoms with Crippen LogP contribution in [0.15, 0.2) is 0 Å². The van der Waals surface area contributed by atoms with Gasteiger partial charge < -0.3 is 25.2 Å². The molecule has 2 atom stereocenters. The fourth-order valence-corrected chi connectivity index (χ4v) is 1.58. The van der Waals surface area contributed by atoms with Crippen LogP contribution < -0.4 is 10.6 Å². The van der Waals surface area contributed by atoms with Gasteiger partial charge in [-0.05, 0) is 34.1 Å². The van der Waals surface area contributed by atoms with Gasteiger partial charge in [0.25, 0.3) is 0 Å². The average molecular weight is 276 g/mol. The minimum absolute atomic E-state index is 0.0687. The lowest BCUT2D eigenvalue weighted by atomic mass is 10.2. The number of methoxy groups -OCH3 is 1. The number of hydrogen-bond acceptors (Lipinski definition) is 5. The lowest BCUT2D eigenvalue weighted by Gasteiger charge is -2.24. The third kappa shape index (κ3) is 10.7. The number of carbonyl (C=O) groups excluding carboxylic acids is 1. The fourth-order valence-electron chi connectivity index (χ4n) is 1.58. The van der Waals surface area contributed by atoms with Crippen molar-refractivity contribution in [1.29, 1.82) is 0 Å². The molecule has 0 rings (SSSR count). The number of carbonyl (C=O) groups is 1. The zero-order chi connectivity index (χ0) is 14.9. The van der Waals surface area contributed by atoms with Gasteiger partial charge in [0.1, 0.15) is 5.60 Å². The molecule has 0 aromatic heterocycles. The van der Waals surface area contributed by atoms with Crippen LogP contribution >= 0.6 is 0 Å². The molecule has 0 fully saturated rings. The Hall–Kier alpha value is -0.850. The smallest absolute Gasteiger partial charge is 0.407 e. The third-order valence-corrected chi connectivity index (χ3v) is 2.32. The lowest BCUT2D eigenvalue weighted by Crippen LogP contribution is -2.46. The van der Waals surface area contributed by atoms with Gasteiger partial charge in [-0.3, -0.25) is 0 Å². The minimum Gasteiger partial charge on any atom is -0.444 e. The predicted molar refractivity (Wildman–Crippen MR) is 74.2 cm³/mol. The van der Waals surface area contributed by atoms with E-state index in [2.05, 4.69) is 10.6 Å². The van der Waals surface area contributed by atoms with Crippen LogP contribution in [-0.2, 0) is 9.47 Å². The molecule has 0 aromatic carbocycles. The summed E-state index contributed by atoms with van der Waals surface area (Å²) in [5.41, 5.74) is -0.490. The van der Waals surface area contributed by atoms with Crippen LogP contribution in [0.2, 0.25) is 0 Å². The normalized spacial score (nSPS) is 14.8. The Morgan fingerprint density at radius 3 is 2.47 bits per heavy atom. The number of ether oxygens (including phenoxy) is 2. The number of amides is 1. The quantitative estimate of drug-likeness (QED) is 0.613. The van der Waals surface area contributed by atoms with E-state index >= 15 is 0 Å². The van der Waals surface area contributed by atoms with Crippen molar-refractivity contribution >= 4 is 6.09 Å². The van der Waals surface area contributed by atoms with Gasteiger partial charge >= 0.3 is 6.09 Å². The van der Waals surface area contributed by atoms with Crippen LogP contribution in [0.4, 0.5) is 4.79 Å². The topological polar surface area (TPSA) is 79.8 Å². The van der Waals surface area contributed by atoms with Gasteiger partial charge in [0.05, 0.1) is 6.61 Å². The van der Waals surface area contributed by atoms with Crippen LogP contribution in [0, 0.1) is 0 Å². The minimum atomic E-state index is -0.490. The third-order valence-electron chi connectivity index (χ3n) is 2.32. The zero-order valence-electron chi connectivity index (χ0n) is 12.7. The van der Waals surface area contributed by atoms with Crippen molar-refractivity contribution in [2.45, 2.75) is 51.8 Å². The van der Waals surface area contributed by atoms with Gasteiger partial charge in [-0.25, -0.2) is 4.79 Å². The van der Waals surface area contributed by atoms with E-state index in [4.69, 9.17) is 14.6 Å². The highest BCUT2D eigenvalue weighted by atomic mass is 16.6. The first-order valence-electron chi connectivity index (χ1n) is 6.61. The molecular weight excluding hydrogens is 248 g/mol. The van der Waals surface area contributed by atoms with Crippen molar-refractivity contribution in [3.63, 3.8) is 0 Å². The van der Waals surface area contributed by atoms with Crippen LogP contribution in [-0.4, -0.2) is 55.8 Å². The van der Waals surface area contributed by atoms with Gasteiger partial charge in [0.15, 0.2) is 0 Å². The number of aliphatic hydroxyl groups is 1. The van der Waals surface area contributed by atoms with Crippen LogP contribution in [0.5, 0.6) is 0 Å². The van der Waals surface area contributed by atoms with Crippen molar-refractivity contribution in [3.8, 4) is 0 Å². The summed E-state index contributed by atoms with van der Waals surface area (Å²) in [6.07, 6.45) is 0.191. The first-order chi connectivity index (χ1) is 8.78. The van der Waals surface area contributed by atoms with E-state index in [0.717, 1.165) is 0 Å². The van der Waals surface area contributed by atoms with E-state index in [1.807, 2.05) is 27.7 Å². The maximum Gasteiger partial charge on any atom is 0.407 e. The highest BCUT2D eigenvalue weighted by molar-refractivity contribution is 5.67. The molecule has 6 nitrogen and oxygen atoms in total. The number of hydrogen-bond donors (Lipinski definition) is 3. The Labute approximate surface area is 115 Å². The molecule has 19 heavy (non-hydrogen) atoms. The molecule has 2 unspecified atom stereocenters. The molecule has 0 aromatic rings. The molecule has 0 aliphatic heterocycles. The maximum atomic E-state index is 11.5. The van der Waals surface area contributed by atoms with Gasteiger partial charge in [-0.15, -0.1) is 0 Å². The molecule has 0 saturated carbocycles. The monoisotopic (exact) mass is 276 g/mol. The second kappa shape index (κ2) is 9.12. The number of rotatable bonds is 8. The summed E-state index contributed by atoms with van der Waals surface area (Å²) < 4.78 is 10.2. The molecule has 114 valence electrons. The van der Waals surface area contributed by atoms with E-state index in [1.165, 1.54) is 0 Å². The molecule has 0 aliphatic carbocycles. The second-order valence-corrected chi connectivity index (χ2v) is 5.62. The predicted octanol–water partition coefficient (Wildman–Crippen LogP) is 0.887. The highest BCUT2D eigenvalue weighted by Gasteiger charge is 2.17. The molecule has 3 N–H and O–H groups in total. The van der Waals surface area contributed by atoms with Gasteiger partial charge in [0, 0.05) is 32.3 Å². The van der Waals surface area contributed by atoms with Gasteiger partial charge in [-0.1, -0.05) is 0 Å². The summed E-state index contributed by atoms with van der Waals surface area (Å²) >= 11 is 0. The largest absolute Gasteiger partial charge is 0.444 e. The number of nitrogens with one attached hydrogen (secondary N) is 2. The molecule has 0 heterocycles. The molecule has 0 bridgehead atoms. The summed E-state index contributed by atoms with van der Waals surface area (Å²) in [4.78, 5) is 11.5. The van der Waals surface area contributed by atoms with E-state index in [1.54, 1.807) is 7.11 Å². The SMILES string of the molecule is COCC(CCO)NC(C)CNC(=O)OC(C)(C)C. The van der Waals surface area contributed by atoms with Crippen molar-refractivity contribution in [2.24, 2.45) is 0 Å². The summed E-state index contributed by atoms with van der Waals surface area (Å²) in [5.74, 6) is 0. The Bertz CT molecular complexity index is 248. The highest BCUT2D eigenvalue weighted by Crippen LogP contribution is 2.06. The van der Waals surface area contributed by atoms with Crippen molar-refractivity contribution in [1.82, 2.24) is 10.6 Å². The zero-order valence-corrected chi connectivity index (χ0v) is 12.7. The molecule has 0 radical (unpaired) electrons. The Balaban J connectivity index is 3.95. The summed E-state index contributed by atoms with van der Waals surface area (Å²) in [5, 5.41) is 14.9.